The summed E-state index contributed by atoms with van der Waals surface area (Å²) in [5, 5.41) is 2.96. The van der Waals surface area contributed by atoms with Crippen molar-refractivity contribution in [2.75, 3.05) is 26.7 Å². The molecule has 1 amide bonds. The molecule has 4 nitrogen and oxygen atoms in total. The maximum atomic E-state index is 11.8. The lowest BCUT2D eigenvalue weighted by Crippen LogP contribution is -2.51. The first-order valence-electron chi connectivity index (χ1n) is 5.26. The molecule has 0 aromatic heterocycles. The average Bonchev–Trinajstić information content (AvgIpc) is 2.27. The summed E-state index contributed by atoms with van der Waals surface area (Å²) in [5.74, 6) is 0.175. The Kier molecular flexibility index (Phi) is 4.35. The molecule has 0 aliphatic carbocycles. The second kappa shape index (κ2) is 5.32. The van der Waals surface area contributed by atoms with Crippen LogP contribution in [0.1, 0.15) is 20.3 Å². The van der Waals surface area contributed by atoms with Crippen LogP contribution in [0.3, 0.4) is 0 Å². The van der Waals surface area contributed by atoms with Crippen LogP contribution < -0.4 is 5.32 Å². The summed E-state index contributed by atoms with van der Waals surface area (Å²) in [6.45, 7) is 6.10. The first-order chi connectivity index (χ1) is 6.69. The van der Waals surface area contributed by atoms with E-state index in [0.717, 1.165) is 19.5 Å². The molecule has 1 aliphatic rings. The number of amides is 1. The number of morpholine rings is 1. The Hall–Kier alpha value is -0.610. The van der Waals surface area contributed by atoms with E-state index in [2.05, 4.69) is 12.2 Å². The topological polar surface area (TPSA) is 41.6 Å². The van der Waals surface area contributed by atoms with Crippen molar-refractivity contribution in [1.29, 1.82) is 0 Å². The third kappa shape index (κ3) is 2.69. The molecule has 2 atom stereocenters. The molecule has 4 heteroatoms. The fourth-order valence-electron chi connectivity index (χ4n) is 1.56. The Labute approximate surface area is 85.6 Å². The monoisotopic (exact) mass is 200 g/mol. The number of nitrogens with one attached hydrogen (secondary N) is 1. The molecule has 1 rings (SSSR count). The van der Waals surface area contributed by atoms with Crippen molar-refractivity contribution in [3.05, 3.63) is 0 Å². The standard InChI is InChI=1S/C10H20N2O2/c1-4-9-7-12(5-6-14-9)10(13)8(2)11-3/h8-9,11H,4-7H2,1-3H3. The highest BCUT2D eigenvalue weighted by atomic mass is 16.5. The van der Waals surface area contributed by atoms with E-state index in [9.17, 15) is 4.79 Å². The number of hydrogen-bond donors (Lipinski definition) is 1. The zero-order valence-corrected chi connectivity index (χ0v) is 9.25. The lowest BCUT2D eigenvalue weighted by atomic mass is 10.2. The number of rotatable bonds is 3. The van der Waals surface area contributed by atoms with E-state index in [-0.39, 0.29) is 18.1 Å². The number of nitrogens with zero attached hydrogens (tertiary/aromatic N) is 1. The molecule has 1 saturated heterocycles. The smallest absolute Gasteiger partial charge is 0.239 e. The molecule has 1 heterocycles. The molecule has 14 heavy (non-hydrogen) atoms. The number of hydrogen-bond acceptors (Lipinski definition) is 3. The minimum atomic E-state index is -0.0920. The van der Waals surface area contributed by atoms with Gasteiger partial charge in [0.25, 0.3) is 0 Å². The SMILES string of the molecule is CCC1CN(C(=O)C(C)NC)CCO1. The Morgan fingerprint density at radius 2 is 2.43 bits per heavy atom. The molecule has 82 valence electrons. The van der Waals surface area contributed by atoms with Crippen LogP contribution >= 0.6 is 0 Å². The van der Waals surface area contributed by atoms with Crippen LogP contribution in [0, 0.1) is 0 Å². The largest absolute Gasteiger partial charge is 0.375 e. The van der Waals surface area contributed by atoms with Gasteiger partial charge < -0.3 is 15.0 Å². The molecule has 1 N–H and O–H groups in total. The summed E-state index contributed by atoms with van der Waals surface area (Å²) in [7, 11) is 1.81. The van der Waals surface area contributed by atoms with Crippen LogP contribution in [0.5, 0.6) is 0 Å². The van der Waals surface area contributed by atoms with Gasteiger partial charge in [-0.1, -0.05) is 6.92 Å². The van der Waals surface area contributed by atoms with Gasteiger partial charge in [-0.2, -0.15) is 0 Å². The highest BCUT2D eigenvalue weighted by Gasteiger charge is 2.25. The van der Waals surface area contributed by atoms with Gasteiger partial charge in [0.05, 0.1) is 18.8 Å². The van der Waals surface area contributed by atoms with Gasteiger partial charge in [0.1, 0.15) is 0 Å². The summed E-state index contributed by atoms with van der Waals surface area (Å²) in [6, 6.07) is -0.0920. The van der Waals surface area contributed by atoms with Gasteiger partial charge >= 0.3 is 0 Å². The fraction of sp³-hybridized carbons (Fsp3) is 0.900. The maximum absolute atomic E-state index is 11.8. The Morgan fingerprint density at radius 1 is 1.71 bits per heavy atom. The van der Waals surface area contributed by atoms with Gasteiger partial charge in [-0.05, 0) is 20.4 Å². The zero-order chi connectivity index (χ0) is 10.6. The van der Waals surface area contributed by atoms with Crippen LogP contribution in [0.4, 0.5) is 0 Å². The highest BCUT2D eigenvalue weighted by molar-refractivity contribution is 5.81. The molecule has 1 aliphatic heterocycles. The maximum Gasteiger partial charge on any atom is 0.239 e. The van der Waals surface area contributed by atoms with Gasteiger partial charge in [0.2, 0.25) is 5.91 Å². The van der Waals surface area contributed by atoms with Crippen molar-refractivity contribution >= 4 is 5.91 Å². The van der Waals surface area contributed by atoms with Crippen LogP contribution in [-0.2, 0) is 9.53 Å². The van der Waals surface area contributed by atoms with Gasteiger partial charge in [-0.25, -0.2) is 0 Å². The second-order valence-electron chi connectivity index (χ2n) is 3.70. The number of carbonyl (C=O) groups excluding carboxylic acids is 1. The lowest BCUT2D eigenvalue weighted by molar-refractivity contribution is -0.140. The van der Waals surface area contributed by atoms with Gasteiger partial charge in [-0.3, -0.25) is 4.79 Å². The molecule has 0 saturated carbocycles. The van der Waals surface area contributed by atoms with E-state index >= 15 is 0 Å². The number of likely N-dealkylation sites (N-methyl/N-ethyl adjacent to an activating group) is 1. The predicted molar refractivity (Wildman–Crippen MR) is 55.1 cm³/mol. The second-order valence-corrected chi connectivity index (χ2v) is 3.70. The quantitative estimate of drug-likeness (QED) is 0.709. The Morgan fingerprint density at radius 3 is 3.00 bits per heavy atom. The van der Waals surface area contributed by atoms with E-state index in [0.29, 0.717) is 6.61 Å². The van der Waals surface area contributed by atoms with Crippen LogP contribution in [0.15, 0.2) is 0 Å². The normalized spacial score (nSPS) is 24.8. The third-order valence-corrected chi connectivity index (χ3v) is 2.71. The zero-order valence-electron chi connectivity index (χ0n) is 9.25. The van der Waals surface area contributed by atoms with E-state index in [1.54, 1.807) is 7.05 Å². The van der Waals surface area contributed by atoms with Gasteiger partial charge in [0, 0.05) is 13.1 Å². The van der Waals surface area contributed by atoms with E-state index in [4.69, 9.17) is 4.74 Å². The summed E-state index contributed by atoms with van der Waals surface area (Å²) >= 11 is 0. The van der Waals surface area contributed by atoms with Crippen molar-refractivity contribution in [3.8, 4) is 0 Å². The van der Waals surface area contributed by atoms with Crippen molar-refractivity contribution in [2.45, 2.75) is 32.4 Å². The van der Waals surface area contributed by atoms with Gasteiger partial charge in [-0.15, -0.1) is 0 Å². The predicted octanol–water partition coefficient (Wildman–Crippen LogP) is 0.232. The van der Waals surface area contributed by atoms with Crippen LogP contribution in [0.2, 0.25) is 0 Å². The summed E-state index contributed by atoms with van der Waals surface area (Å²) in [6.07, 6.45) is 1.19. The van der Waals surface area contributed by atoms with E-state index in [1.807, 2.05) is 11.8 Å². The van der Waals surface area contributed by atoms with Crippen molar-refractivity contribution in [1.82, 2.24) is 10.2 Å². The summed E-state index contributed by atoms with van der Waals surface area (Å²) in [5.41, 5.74) is 0. The molecule has 0 aromatic rings. The fourth-order valence-corrected chi connectivity index (χ4v) is 1.56. The molecule has 2 unspecified atom stereocenters. The van der Waals surface area contributed by atoms with Crippen LogP contribution in [0.25, 0.3) is 0 Å². The minimum absolute atomic E-state index is 0.0920. The Balaban J connectivity index is 2.47. The molecule has 0 bridgehead atoms. The molecule has 0 aromatic carbocycles. The minimum Gasteiger partial charge on any atom is -0.375 e. The summed E-state index contributed by atoms with van der Waals surface area (Å²) in [4.78, 5) is 13.7. The van der Waals surface area contributed by atoms with E-state index in [1.165, 1.54) is 0 Å². The van der Waals surface area contributed by atoms with Crippen LogP contribution in [-0.4, -0.2) is 49.7 Å². The third-order valence-electron chi connectivity index (χ3n) is 2.71. The average molecular weight is 200 g/mol. The summed E-state index contributed by atoms with van der Waals surface area (Å²) < 4.78 is 5.51. The Bertz CT molecular complexity index is 197. The molecular weight excluding hydrogens is 180 g/mol. The van der Waals surface area contributed by atoms with Crippen molar-refractivity contribution < 1.29 is 9.53 Å². The van der Waals surface area contributed by atoms with Crippen molar-refractivity contribution in [2.24, 2.45) is 0 Å². The molecule has 0 radical (unpaired) electrons. The highest BCUT2D eigenvalue weighted by Crippen LogP contribution is 2.09. The van der Waals surface area contributed by atoms with E-state index < -0.39 is 0 Å². The molecular formula is C10H20N2O2. The van der Waals surface area contributed by atoms with Gasteiger partial charge in [0.15, 0.2) is 0 Å². The lowest BCUT2D eigenvalue weighted by Gasteiger charge is -2.34. The molecule has 1 fully saturated rings. The molecule has 0 spiro atoms. The number of carbonyl (C=O) groups is 1. The first kappa shape index (κ1) is 11.5. The first-order valence-corrected chi connectivity index (χ1v) is 5.26. The van der Waals surface area contributed by atoms with Crippen molar-refractivity contribution in [3.63, 3.8) is 0 Å². The number of ether oxygens (including phenoxy) is 1.